The molecule has 0 bridgehead atoms. The number of carboxylic acid groups (broad SMARTS) is 1. The number of nitrogens with one attached hydrogen (secondary N) is 5. The topological polar surface area (TPSA) is 149 Å². The average Bonchev–Trinajstić information content (AvgIpc) is 2.53. The van der Waals surface area contributed by atoms with Crippen molar-refractivity contribution in [1.29, 1.82) is 0 Å². The molecule has 10 N–H and O–H groups in total. The number of carboxylic acids is 1. The van der Waals surface area contributed by atoms with Gasteiger partial charge in [0, 0.05) is 17.6 Å². The highest BCUT2D eigenvalue weighted by atomic mass is 16.4. The zero-order valence-electron chi connectivity index (χ0n) is 12.6. The standard InChI is InChI=1S/C14H23N7O2/c15-11-10-12(21-14(16)20-11)18-6-9(19-10)5-17-8-3-1-7(2-4-8)13(22)23/h1,3-4,6-7,10-12,14,17-21H,2,5,15-16H2,(H,22,23). The van der Waals surface area contributed by atoms with Crippen molar-refractivity contribution in [3.8, 4) is 0 Å². The number of hydrogen-bond acceptors (Lipinski definition) is 8. The molecule has 0 radical (unpaired) electrons. The zero-order chi connectivity index (χ0) is 16.4. The highest BCUT2D eigenvalue weighted by Crippen LogP contribution is 2.15. The fourth-order valence-corrected chi connectivity index (χ4v) is 2.87. The molecule has 0 spiro atoms. The molecule has 5 unspecified atom stereocenters. The molecule has 0 aromatic carbocycles. The summed E-state index contributed by atoms with van der Waals surface area (Å²) in [6.45, 7) is 0.586. The first-order valence-corrected chi connectivity index (χ1v) is 7.63. The number of fused-ring (bicyclic) bond motifs is 1. The predicted octanol–water partition coefficient (Wildman–Crippen LogP) is -2.43. The van der Waals surface area contributed by atoms with Crippen LogP contribution in [0.1, 0.15) is 6.42 Å². The first-order valence-electron chi connectivity index (χ1n) is 7.63. The van der Waals surface area contributed by atoms with Gasteiger partial charge in [0.25, 0.3) is 0 Å². The van der Waals surface area contributed by atoms with Crippen LogP contribution in [0.4, 0.5) is 0 Å². The van der Waals surface area contributed by atoms with Crippen molar-refractivity contribution in [2.24, 2.45) is 17.4 Å². The number of aliphatic carboxylic acids is 1. The molecule has 2 aliphatic heterocycles. The van der Waals surface area contributed by atoms with Crippen LogP contribution in [0.5, 0.6) is 0 Å². The maximum Gasteiger partial charge on any atom is 0.310 e. The minimum atomic E-state index is -0.798. The van der Waals surface area contributed by atoms with Crippen molar-refractivity contribution in [3.63, 3.8) is 0 Å². The SMILES string of the molecule is NC1NC(N)C2NC(CNC3=CCC(C(=O)O)C=C3)=CNC2N1. The minimum absolute atomic E-state index is 0.0242. The number of rotatable bonds is 4. The van der Waals surface area contributed by atoms with Gasteiger partial charge in [-0.25, -0.2) is 0 Å². The second kappa shape index (κ2) is 6.59. The molecule has 1 aliphatic carbocycles. The van der Waals surface area contributed by atoms with Gasteiger partial charge in [0.05, 0.1) is 24.7 Å². The molecule has 9 nitrogen and oxygen atoms in total. The van der Waals surface area contributed by atoms with Crippen LogP contribution in [-0.4, -0.2) is 42.3 Å². The van der Waals surface area contributed by atoms with Crippen molar-refractivity contribution in [2.45, 2.75) is 31.1 Å². The van der Waals surface area contributed by atoms with Crippen molar-refractivity contribution < 1.29 is 9.90 Å². The highest BCUT2D eigenvalue weighted by Gasteiger charge is 2.35. The van der Waals surface area contributed by atoms with E-state index in [2.05, 4.69) is 26.6 Å². The Bertz CT molecular complexity index is 559. The first kappa shape index (κ1) is 15.8. The van der Waals surface area contributed by atoms with Crippen LogP contribution >= 0.6 is 0 Å². The predicted molar refractivity (Wildman–Crippen MR) is 85.1 cm³/mol. The molecule has 1 saturated heterocycles. The van der Waals surface area contributed by atoms with E-state index in [1.54, 1.807) is 12.2 Å². The van der Waals surface area contributed by atoms with Crippen LogP contribution in [0.15, 0.2) is 35.8 Å². The number of hydrogen-bond donors (Lipinski definition) is 8. The summed E-state index contributed by atoms with van der Waals surface area (Å²) in [6.07, 6.45) is 7.15. The third-order valence-electron chi connectivity index (χ3n) is 4.17. The summed E-state index contributed by atoms with van der Waals surface area (Å²) in [5, 5.41) is 25.0. The summed E-state index contributed by atoms with van der Waals surface area (Å²) in [6, 6.07) is -0.0242. The van der Waals surface area contributed by atoms with Gasteiger partial charge in [-0.3, -0.25) is 15.4 Å². The molecule has 3 rings (SSSR count). The van der Waals surface area contributed by atoms with Gasteiger partial charge >= 0.3 is 5.97 Å². The molecule has 2 heterocycles. The van der Waals surface area contributed by atoms with Gasteiger partial charge in [-0.2, -0.15) is 0 Å². The molecule has 0 aromatic heterocycles. The van der Waals surface area contributed by atoms with Crippen molar-refractivity contribution in [3.05, 3.63) is 35.8 Å². The van der Waals surface area contributed by atoms with Gasteiger partial charge in [-0.15, -0.1) is 0 Å². The number of nitrogens with two attached hydrogens (primary N) is 2. The maximum absolute atomic E-state index is 10.9. The Kier molecular flexibility index (Phi) is 4.53. The largest absolute Gasteiger partial charge is 0.481 e. The highest BCUT2D eigenvalue weighted by molar-refractivity contribution is 5.73. The van der Waals surface area contributed by atoms with Gasteiger partial charge in [-0.05, 0) is 12.5 Å². The van der Waals surface area contributed by atoms with Gasteiger partial charge in [0.15, 0.2) is 0 Å². The van der Waals surface area contributed by atoms with Crippen LogP contribution < -0.4 is 38.1 Å². The van der Waals surface area contributed by atoms with Gasteiger partial charge in [0.1, 0.15) is 12.5 Å². The van der Waals surface area contributed by atoms with E-state index < -0.39 is 11.9 Å². The smallest absolute Gasteiger partial charge is 0.310 e. The third-order valence-corrected chi connectivity index (χ3v) is 4.17. The van der Waals surface area contributed by atoms with E-state index in [0.717, 1.165) is 11.4 Å². The Labute approximate surface area is 134 Å². The second-order valence-corrected chi connectivity index (χ2v) is 5.87. The fraction of sp³-hybridized carbons (Fsp3) is 0.500. The molecule has 0 aromatic rings. The molecule has 5 atom stereocenters. The summed E-state index contributed by atoms with van der Waals surface area (Å²) in [7, 11) is 0. The molecule has 0 saturated carbocycles. The quantitative estimate of drug-likeness (QED) is 0.283. The molecule has 126 valence electrons. The lowest BCUT2D eigenvalue weighted by molar-refractivity contribution is -0.139. The zero-order valence-corrected chi connectivity index (χ0v) is 12.6. The Morgan fingerprint density at radius 2 is 2.22 bits per heavy atom. The molecular weight excluding hydrogens is 298 g/mol. The molecule has 1 fully saturated rings. The van der Waals surface area contributed by atoms with Crippen molar-refractivity contribution in [1.82, 2.24) is 26.6 Å². The lowest BCUT2D eigenvalue weighted by atomic mass is 10.00. The summed E-state index contributed by atoms with van der Waals surface area (Å²) in [5.41, 5.74) is 13.7. The minimum Gasteiger partial charge on any atom is -0.481 e. The van der Waals surface area contributed by atoms with Crippen LogP contribution in [0, 0.1) is 5.92 Å². The summed E-state index contributed by atoms with van der Waals surface area (Å²) in [4.78, 5) is 10.9. The third kappa shape index (κ3) is 3.64. The van der Waals surface area contributed by atoms with Crippen LogP contribution in [0.25, 0.3) is 0 Å². The Morgan fingerprint density at radius 1 is 1.39 bits per heavy atom. The molecule has 9 heteroatoms. The van der Waals surface area contributed by atoms with Gasteiger partial charge < -0.3 is 32.5 Å². The van der Waals surface area contributed by atoms with Crippen molar-refractivity contribution in [2.75, 3.05) is 6.54 Å². The number of carbonyl (C=O) groups is 1. The monoisotopic (exact) mass is 321 g/mol. The molecule has 23 heavy (non-hydrogen) atoms. The Morgan fingerprint density at radius 3 is 2.91 bits per heavy atom. The average molecular weight is 321 g/mol. The van der Waals surface area contributed by atoms with E-state index in [1.165, 1.54) is 0 Å². The fourth-order valence-electron chi connectivity index (χ4n) is 2.87. The first-order chi connectivity index (χ1) is 11.0. The molecule has 0 amide bonds. The molecular formula is C14H23N7O2. The van der Waals surface area contributed by atoms with Gasteiger partial charge in [-0.1, -0.05) is 12.2 Å². The summed E-state index contributed by atoms with van der Waals surface area (Å²) in [5.74, 6) is -1.23. The van der Waals surface area contributed by atoms with E-state index >= 15 is 0 Å². The van der Waals surface area contributed by atoms with E-state index in [0.29, 0.717) is 13.0 Å². The van der Waals surface area contributed by atoms with Crippen LogP contribution in [-0.2, 0) is 4.79 Å². The van der Waals surface area contributed by atoms with Crippen LogP contribution in [0.2, 0.25) is 0 Å². The Balaban J connectivity index is 1.52. The van der Waals surface area contributed by atoms with E-state index in [9.17, 15) is 4.79 Å². The summed E-state index contributed by atoms with van der Waals surface area (Å²) >= 11 is 0. The molecule has 3 aliphatic rings. The second-order valence-electron chi connectivity index (χ2n) is 5.87. The van der Waals surface area contributed by atoms with E-state index in [4.69, 9.17) is 16.6 Å². The Hall–Kier alpha value is -2.07. The van der Waals surface area contributed by atoms with E-state index in [1.807, 2.05) is 12.3 Å². The lowest BCUT2D eigenvalue weighted by Crippen LogP contribution is -2.78. The number of allylic oxidation sites excluding steroid dienone is 2. The van der Waals surface area contributed by atoms with Crippen LogP contribution in [0.3, 0.4) is 0 Å². The lowest BCUT2D eigenvalue weighted by Gasteiger charge is -2.44. The summed E-state index contributed by atoms with van der Waals surface area (Å²) < 4.78 is 0. The van der Waals surface area contributed by atoms with Gasteiger partial charge in [0.2, 0.25) is 0 Å². The van der Waals surface area contributed by atoms with Crippen molar-refractivity contribution >= 4 is 5.97 Å². The maximum atomic E-state index is 10.9. The van der Waals surface area contributed by atoms with E-state index in [-0.39, 0.29) is 24.7 Å². The normalized spacial score (nSPS) is 36.0.